The second kappa shape index (κ2) is 8.09. The highest BCUT2D eigenvalue weighted by atomic mass is 15.0. The lowest BCUT2D eigenvalue weighted by molar-refractivity contribution is 1.15. The lowest BCUT2D eigenvalue weighted by Gasteiger charge is -2.17. The van der Waals surface area contributed by atoms with Gasteiger partial charge >= 0.3 is 0 Å². The van der Waals surface area contributed by atoms with E-state index in [0.29, 0.717) is 0 Å². The number of hydrogen-bond donors (Lipinski definition) is 0. The van der Waals surface area contributed by atoms with Crippen molar-refractivity contribution in [1.82, 2.24) is 4.57 Å². The molecule has 0 amide bonds. The van der Waals surface area contributed by atoms with Gasteiger partial charge in [0, 0.05) is 22.8 Å². The Morgan fingerprint density at radius 1 is 0.381 bits per heavy atom. The van der Waals surface area contributed by atoms with Crippen LogP contribution in [-0.4, -0.2) is 4.57 Å². The number of benzene rings is 7. The molecule has 0 bridgehead atoms. The van der Waals surface area contributed by atoms with Crippen LogP contribution in [0.4, 0.5) is 0 Å². The van der Waals surface area contributed by atoms with Gasteiger partial charge < -0.3 is 4.57 Å². The first-order valence-corrected chi connectivity index (χ1v) is 14.8. The van der Waals surface area contributed by atoms with Crippen LogP contribution < -0.4 is 0 Å². The van der Waals surface area contributed by atoms with Gasteiger partial charge in [-0.25, -0.2) is 0 Å². The van der Waals surface area contributed by atoms with Crippen LogP contribution in [0.15, 0.2) is 140 Å². The molecule has 0 fully saturated rings. The van der Waals surface area contributed by atoms with Gasteiger partial charge in [0.25, 0.3) is 0 Å². The van der Waals surface area contributed by atoms with E-state index in [-0.39, 0.29) is 0 Å². The zero-order valence-electron chi connectivity index (χ0n) is 22.9. The molecule has 1 nitrogen and oxygen atoms in total. The van der Waals surface area contributed by atoms with Gasteiger partial charge in [0.15, 0.2) is 0 Å². The third-order valence-corrected chi connectivity index (χ3v) is 9.60. The van der Waals surface area contributed by atoms with E-state index in [1.165, 1.54) is 93.9 Å². The molecule has 2 aliphatic carbocycles. The van der Waals surface area contributed by atoms with Crippen LogP contribution in [0, 0.1) is 0 Å². The summed E-state index contributed by atoms with van der Waals surface area (Å²) >= 11 is 0. The lowest BCUT2D eigenvalue weighted by atomic mass is 9.93. The Kier molecular flexibility index (Phi) is 4.29. The Hall–Kier alpha value is -5.40. The SMILES string of the molecule is c1ccc2c(c1)Cc1c-2ccc2c3ccccc3n(-c3ccccc3-c3ccc4c5c(cccc35)-c3ccccc3-4)c12. The molecule has 1 heterocycles. The highest BCUT2D eigenvalue weighted by Gasteiger charge is 2.26. The molecule has 8 aromatic rings. The summed E-state index contributed by atoms with van der Waals surface area (Å²) in [6.07, 6.45) is 0.959. The minimum Gasteiger partial charge on any atom is -0.308 e. The number of fused-ring (bicyclic) bond motifs is 10. The van der Waals surface area contributed by atoms with Gasteiger partial charge in [0.2, 0.25) is 0 Å². The van der Waals surface area contributed by atoms with Crippen LogP contribution in [0.1, 0.15) is 11.1 Å². The maximum absolute atomic E-state index is 2.54. The molecule has 194 valence electrons. The molecule has 7 aromatic carbocycles. The average Bonchev–Trinajstić information content (AvgIpc) is 3.70. The smallest absolute Gasteiger partial charge is 0.0582 e. The number of nitrogens with zero attached hydrogens (tertiary/aromatic N) is 1. The first-order valence-electron chi connectivity index (χ1n) is 14.8. The van der Waals surface area contributed by atoms with Crippen molar-refractivity contribution in [3.05, 3.63) is 151 Å². The fourth-order valence-electron chi connectivity index (χ4n) is 7.87. The molecule has 0 saturated heterocycles. The summed E-state index contributed by atoms with van der Waals surface area (Å²) in [7, 11) is 0. The van der Waals surface area contributed by atoms with E-state index < -0.39 is 0 Å². The monoisotopic (exact) mass is 531 g/mol. The van der Waals surface area contributed by atoms with E-state index in [2.05, 4.69) is 144 Å². The number of aromatic nitrogens is 1. The molecule has 0 unspecified atom stereocenters. The fourth-order valence-corrected chi connectivity index (χ4v) is 7.87. The van der Waals surface area contributed by atoms with Gasteiger partial charge in [-0.3, -0.25) is 0 Å². The molecular weight excluding hydrogens is 506 g/mol. The molecular formula is C41H25N. The van der Waals surface area contributed by atoms with Gasteiger partial charge in [-0.2, -0.15) is 0 Å². The topological polar surface area (TPSA) is 4.93 Å². The van der Waals surface area contributed by atoms with Gasteiger partial charge in [-0.1, -0.05) is 127 Å². The average molecular weight is 532 g/mol. The Morgan fingerprint density at radius 2 is 1.00 bits per heavy atom. The van der Waals surface area contributed by atoms with Crippen molar-refractivity contribution in [2.75, 3.05) is 0 Å². The molecule has 0 radical (unpaired) electrons. The Labute approximate surface area is 243 Å². The van der Waals surface area contributed by atoms with E-state index in [4.69, 9.17) is 0 Å². The summed E-state index contributed by atoms with van der Waals surface area (Å²) in [6, 6.07) is 51.8. The van der Waals surface area contributed by atoms with Crippen molar-refractivity contribution in [2.24, 2.45) is 0 Å². The summed E-state index contributed by atoms with van der Waals surface area (Å²) in [5.41, 5.74) is 17.3. The van der Waals surface area contributed by atoms with Crippen LogP contribution in [0.3, 0.4) is 0 Å². The largest absolute Gasteiger partial charge is 0.308 e. The van der Waals surface area contributed by atoms with E-state index in [1.54, 1.807) is 0 Å². The van der Waals surface area contributed by atoms with Crippen molar-refractivity contribution >= 4 is 32.6 Å². The fraction of sp³-hybridized carbons (Fsp3) is 0.0244. The second-order valence-electron chi connectivity index (χ2n) is 11.6. The minimum absolute atomic E-state index is 0.959. The third kappa shape index (κ3) is 2.78. The third-order valence-electron chi connectivity index (χ3n) is 9.60. The van der Waals surface area contributed by atoms with Crippen molar-refractivity contribution in [3.8, 4) is 50.2 Å². The van der Waals surface area contributed by atoms with Crippen molar-refractivity contribution in [3.63, 3.8) is 0 Å². The molecule has 1 heteroatoms. The quantitative estimate of drug-likeness (QED) is 0.209. The zero-order chi connectivity index (χ0) is 27.4. The lowest BCUT2D eigenvalue weighted by Crippen LogP contribution is -1.99. The van der Waals surface area contributed by atoms with Crippen molar-refractivity contribution in [2.45, 2.75) is 6.42 Å². The Morgan fingerprint density at radius 3 is 1.88 bits per heavy atom. The van der Waals surface area contributed by atoms with Crippen LogP contribution in [0.5, 0.6) is 0 Å². The number of rotatable bonds is 2. The van der Waals surface area contributed by atoms with Gasteiger partial charge in [-0.15, -0.1) is 0 Å². The molecule has 0 atom stereocenters. The number of para-hydroxylation sites is 2. The van der Waals surface area contributed by atoms with Gasteiger partial charge in [0.05, 0.1) is 16.7 Å². The normalized spacial score (nSPS) is 12.7. The zero-order valence-corrected chi connectivity index (χ0v) is 22.9. The van der Waals surface area contributed by atoms with E-state index >= 15 is 0 Å². The summed E-state index contributed by atoms with van der Waals surface area (Å²) in [5, 5.41) is 5.30. The number of hydrogen-bond acceptors (Lipinski definition) is 0. The van der Waals surface area contributed by atoms with E-state index in [0.717, 1.165) is 6.42 Å². The van der Waals surface area contributed by atoms with Crippen LogP contribution in [0.2, 0.25) is 0 Å². The van der Waals surface area contributed by atoms with Crippen molar-refractivity contribution < 1.29 is 0 Å². The van der Waals surface area contributed by atoms with Crippen LogP contribution >= 0.6 is 0 Å². The van der Waals surface area contributed by atoms with Gasteiger partial charge in [0.1, 0.15) is 0 Å². The van der Waals surface area contributed by atoms with E-state index in [1.807, 2.05) is 0 Å². The van der Waals surface area contributed by atoms with Crippen LogP contribution in [0.25, 0.3) is 82.8 Å². The van der Waals surface area contributed by atoms with Gasteiger partial charge in [-0.05, 0) is 73.0 Å². The predicted molar refractivity (Wildman–Crippen MR) is 176 cm³/mol. The maximum Gasteiger partial charge on any atom is 0.0582 e. The minimum atomic E-state index is 0.959. The standard InChI is InChI=1S/C41H25N/c1-2-11-26-25(10-1)24-37-29(26)21-23-36-32-15-6-8-19-39(32)42(41(36)37)38-18-7-5-14-31(38)30-20-22-35-28-13-4-3-12-27(28)33-16-9-17-34(30)40(33)35/h1-23H,24H2. The summed E-state index contributed by atoms with van der Waals surface area (Å²) in [6.45, 7) is 0. The highest BCUT2D eigenvalue weighted by Crippen LogP contribution is 2.50. The van der Waals surface area contributed by atoms with E-state index in [9.17, 15) is 0 Å². The molecule has 0 spiro atoms. The summed E-state index contributed by atoms with van der Waals surface area (Å²) in [4.78, 5) is 0. The first-order chi connectivity index (χ1) is 20.9. The van der Waals surface area contributed by atoms with Crippen LogP contribution in [-0.2, 0) is 6.42 Å². The molecule has 0 saturated carbocycles. The molecule has 10 rings (SSSR count). The predicted octanol–water partition coefficient (Wildman–Crippen LogP) is 10.8. The second-order valence-corrected chi connectivity index (χ2v) is 11.6. The Bertz CT molecular complexity index is 2410. The molecule has 0 N–H and O–H groups in total. The Balaban J connectivity index is 1.30. The van der Waals surface area contributed by atoms with Crippen molar-refractivity contribution in [1.29, 1.82) is 0 Å². The summed E-state index contributed by atoms with van der Waals surface area (Å²) in [5.74, 6) is 0. The molecule has 42 heavy (non-hydrogen) atoms. The maximum atomic E-state index is 2.54. The molecule has 2 aliphatic rings. The molecule has 0 aliphatic heterocycles. The summed E-state index contributed by atoms with van der Waals surface area (Å²) < 4.78 is 2.54. The first kappa shape index (κ1) is 22.3. The highest BCUT2D eigenvalue weighted by molar-refractivity contribution is 6.19. The molecule has 1 aromatic heterocycles.